The minimum Gasteiger partial charge on any atom is -0.507 e. The molecule has 0 spiro atoms. The lowest BCUT2D eigenvalue weighted by Gasteiger charge is -2.11. The molecule has 4 N–H and O–H groups in total. The summed E-state index contributed by atoms with van der Waals surface area (Å²) in [6.45, 7) is 3.75. The van der Waals surface area contributed by atoms with E-state index in [-0.39, 0.29) is 16.9 Å². The Kier molecular flexibility index (Phi) is 5.31. The molecule has 3 rings (SSSR count). The van der Waals surface area contributed by atoms with Crippen LogP contribution in [0.15, 0.2) is 57.2 Å². The lowest BCUT2D eigenvalue weighted by molar-refractivity contribution is 0.0952. The number of hydrazone groups is 1. The third kappa shape index (κ3) is 3.93. The molecule has 0 atom stereocenters. The number of phenolic OH excluding ortho intramolecular Hbond substituents is 1. The van der Waals surface area contributed by atoms with Gasteiger partial charge in [-0.05, 0) is 49.2 Å². The molecular formula is C20H18N4O5. The number of hydrogen-bond acceptors (Lipinski definition) is 6. The maximum atomic E-state index is 12.2. The van der Waals surface area contributed by atoms with Crippen molar-refractivity contribution >= 4 is 12.1 Å². The van der Waals surface area contributed by atoms with Gasteiger partial charge in [0.05, 0.1) is 17.5 Å². The van der Waals surface area contributed by atoms with E-state index in [4.69, 9.17) is 0 Å². The number of benzene rings is 2. The lowest BCUT2D eigenvalue weighted by atomic mass is 10.1. The number of amides is 1. The molecule has 1 heterocycles. The van der Waals surface area contributed by atoms with Crippen LogP contribution in [0.25, 0.3) is 5.69 Å². The number of nitrogens with zero attached hydrogens (tertiary/aromatic N) is 2. The number of carbonyl (C=O) groups is 1. The third-order valence-electron chi connectivity index (χ3n) is 4.38. The summed E-state index contributed by atoms with van der Waals surface area (Å²) in [7, 11) is 0. The summed E-state index contributed by atoms with van der Waals surface area (Å²) in [6, 6.07) is 11.0. The molecule has 1 aromatic heterocycles. The number of para-hydroxylation sites is 1. The highest BCUT2D eigenvalue weighted by molar-refractivity contribution is 5.97. The highest BCUT2D eigenvalue weighted by Crippen LogP contribution is 2.18. The summed E-state index contributed by atoms with van der Waals surface area (Å²) < 4.78 is 0.931. The highest BCUT2D eigenvalue weighted by Gasteiger charge is 2.15. The normalized spacial score (nSPS) is 11.0. The molecule has 2 aromatic carbocycles. The summed E-state index contributed by atoms with van der Waals surface area (Å²) >= 11 is 0. The van der Waals surface area contributed by atoms with E-state index in [1.165, 1.54) is 12.1 Å². The number of aromatic nitrogens is 2. The van der Waals surface area contributed by atoms with Crippen molar-refractivity contribution in [3.63, 3.8) is 0 Å². The van der Waals surface area contributed by atoms with Crippen molar-refractivity contribution in [1.82, 2.24) is 15.0 Å². The molecule has 0 bridgehead atoms. The first-order valence-corrected chi connectivity index (χ1v) is 8.57. The quantitative estimate of drug-likeness (QED) is 0.391. The average Bonchev–Trinajstić information content (AvgIpc) is 2.67. The number of aromatic hydroxyl groups is 2. The molecule has 0 saturated heterocycles. The van der Waals surface area contributed by atoms with E-state index >= 15 is 0 Å². The second kappa shape index (κ2) is 7.85. The van der Waals surface area contributed by atoms with Crippen molar-refractivity contribution < 1.29 is 15.0 Å². The molecule has 0 aliphatic heterocycles. The predicted molar refractivity (Wildman–Crippen MR) is 107 cm³/mol. The van der Waals surface area contributed by atoms with Gasteiger partial charge in [0.15, 0.2) is 0 Å². The first-order valence-electron chi connectivity index (χ1n) is 8.57. The van der Waals surface area contributed by atoms with Crippen molar-refractivity contribution in [1.29, 1.82) is 0 Å². The number of aromatic amines is 1. The second-order valence-corrected chi connectivity index (χ2v) is 6.32. The number of carbonyl (C=O) groups excluding carboxylic acids is 1. The summed E-state index contributed by atoms with van der Waals surface area (Å²) in [6.07, 6.45) is 0.920. The number of hydrogen-bond donors (Lipinski definition) is 4. The first-order chi connectivity index (χ1) is 13.8. The zero-order valence-corrected chi connectivity index (χ0v) is 15.6. The Morgan fingerprint density at radius 2 is 1.83 bits per heavy atom. The van der Waals surface area contributed by atoms with E-state index in [9.17, 15) is 24.6 Å². The molecular weight excluding hydrogens is 376 g/mol. The van der Waals surface area contributed by atoms with Crippen molar-refractivity contribution in [3.8, 4) is 17.3 Å². The van der Waals surface area contributed by atoms with E-state index in [1.54, 1.807) is 30.3 Å². The Morgan fingerprint density at radius 3 is 2.52 bits per heavy atom. The van der Waals surface area contributed by atoms with Gasteiger partial charge in [0, 0.05) is 0 Å². The van der Waals surface area contributed by atoms with E-state index in [0.29, 0.717) is 5.69 Å². The molecule has 29 heavy (non-hydrogen) atoms. The van der Waals surface area contributed by atoms with Crippen LogP contribution in [0, 0.1) is 13.8 Å². The van der Waals surface area contributed by atoms with Gasteiger partial charge in [-0.1, -0.05) is 18.2 Å². The minimum absolute atomic E-state index is 0.0112. The fourth-order valence-corrected chi connectivity index (χ4v) is 2.64. The van der Waals surface area contributed by atoms with Gasteiger partial charge in [-0.3, -0.25) is 14.6 Å². The maximum absolute atomic E-state index is 12.2. The highest BCUT2D eigenvalue weighted by atomic mass is 16.3. The Labute approximate surface area is 164 Å². The van der Waals surface area contributed by atoms with Crippen LogP contribution in [0.5, 0.6) is 11.6 Å². The maximum Gasteiger partial charge on any atom is 0.335 e. The average molecular weight is 394 g/mol. The third-order valence-corrected chi connectivity index (χ3v) is 4.38. The molecule has 0 aliphatic carbocycles. The van der Waals surface area contributed by atoms with Crippen molar-refractivity contribution in [2.45, 2.75) is 13.8 Å². The van der Waals surface area contributed by atoms with E-state index in [2.05, 4.69) is 15.5 Å². The zero-order valence-electron chi connectivity index (χ0n) is 15.6. The Bertz CT molecular complexity index is 1240. The van der Waals surface area contributed by atoms with Crippen LogP contribution >= 0.6 is 0 Å². The minimum atomic E-state index is -0.867. The standard InChI is InChI=1S/C20H18N4O5/c1-11-7-8-13(9-12(11)2)24-19(28)15(17(26)22-20(24)29)10-21-23-18(27)14-5-3-4-6-16(14)25/h3-10,25,28H,1-2H3,(H,23,27)(H,22,26,29)/b21-10+. The smallest absolute Gasteiger partial charge is 0.335 e. The van der Waals surface area contributed by atoms with Gasteiger partial charge in [0.25, 0.3) is 11.5 Å². The van der Waals surface area contributed by atoms with Crippen LogP contribution in [0.4, 0.5) is 0 Å². The number of nitrogens with one attached hydrogen (secondary N) is 2. The van der Waals surface area contributed by atoms with Gasteiger partial charge in [-0.25, -0.2) is 14.8 Å². The monoisotopic (exact) mass is 394 g/mol. The Morgan fingerprint density at radius 1 is 1.10 bits per heavy atom. The second-order valence-electron chi connectivity index (χ2n) is 6.32. The molecule has 1 amide bonds. The summed E-state index contributed by atoms with van der Waals surface area (Å²) in [5.41, 5.74) is 2.39. The Hall–Kier alpha value is -4.14. The molecule has 0 saturated carbocycles. The lowest BCUT2D eigenvalue weighted by Crippen LogP contribution is -2.31. The molecule has 0 fully saturated rings. The molecule has 9 heteroatoms. The SMILES string of the molecule is Cc1ccc(-n2c(O)c(/C=N/NC(=O)c3ccccc3O)c(=O)[nH]c2=O)cc1C. The molecule has 3 aromatic rings. The van der Waals surface area contributed by atoms with Crippen LogP contribution in [0.2, 0.25) is 0 Å². The fraction of sp³-hybridized carbons (Fsp3) is 0.100. The van der Waals surface area contributed by atoms with Crippen molar-refractivity contribution in [3.05, 3.63) is 85.6 Å². The topological polar surface area (TPSA) is 137 Å². The van der Waals surface area contributed by atoms with Gasteiger partial charge in [0.2, 0.25) is 5.88 Å². The molecule has 0 aliphatic rings. The summed E-state index contributed by atoms with van der Waals surface area (Å²) in [4.78, 5) is 38.5. The van der Waals surface area contributed by atoms with Gasteiger partial charge in [-0.2, -0.15) is 5.10 Å². The van der Waals surface area contributed by atoms with E-state index in [0.717, 1.165) is 21.9 Å². The van der Waals surface area contributed by atoms with Gasteiger partial charge >= 0.3 is 5.69 Å². The summed E-state index contributed by atoms with van der Waals surface area (Å²) in [5, 5.41) is 23.8. The predicted octanol–water partition coefficient (Wildman–Crippen LogP) is 1.32. The van der Waals surface area contributed by atoms with E-state index < -0.39 is 23.0 Å². The van der Waals surface area contributed by atoms with Crippen LogP contribution in [-0.2, 0) is 0 Å². The summed E-state index contributed by atoms with van der Waals surface area (Å²) in [5.74, 6) is -1.57. The number of H-pyrrole nitrogens is 1. The van der Waals surface area contributed by atoms with Crippen LogP contribution < -0.4 is 16.7 Å². The molecule has 9 nitrogen and oxygen atoms in total. The largest absolute Gasteiger partial charge is 0.507 e. The first kappa shape index (κ1) is 19.6. The van der Waals surface area contributed by atoms with Gasteiger partial charge in [-0.15, -0.1) is 0 Å². The van der Waals surface area contributed by atoms with Crippen LogP contribution in [0.3, 0.4) is 0 Å². The fourth-order valence-electron chi connectivity index (χ4n) is 2.64. The number of phenols is 1. The molecule has 0 radical (unpaired) electrons. The van der Waals surface area contributed by atoms with Gasteiger partial charge in [0.1, 0.15) is 11.3 Å². The number of rotatable bonds is 4. The Balaban J connectivity index is 1.96. The molecule has 0 unspecified atom stereocenters. The molecule has 148 valence electrons. The zero-order chi connectivity index (χ0) is 21.1. The van der Waals surface area contributed by atoms with E-state index in [1.807, 2.05) is 13.8 Å². The van der Waals surface area contributed by atoms with Crippen LogP contribution in [-0.4, -0.2) is 31.9 Å². The van der Waals surface area contributed by atoms with Crippen molar-refractivity contribution in [2.75, 3.05) is 0 Å². The van der Waals surface area contributed by atoms with Crippen molar-refractivity contribution in [2.24, 2.45) is 5.10 Å². The van der Waals surface area contributed by atoms with Crippen LogP contribution in [0.1, 0.15) is 27.0 Å². The van der Waals surface area contributed by atoms with Gasteiger partial charge < -0.3 is 10.2 Å². The number of aryl methyl sites for hydroxylation is 2.